The van der Waals surface area contributed by atoms with Crippen LogP contribution in [0.3, 0.4) is 0 Å². The zero-order valence-electron chi connectivity index (χ0n) is 8.75. The van der Waals surface area contributed by atoms with Gasteiger partial charge in [0.2, 0.25) is 0 Å². The molecule has 0 saturated carbocycles. The number of benzene rings is 1. The van der Waals surface area contributed by atoms with E-state index in [0.717, 1.165) is 15.4 Å². The number of hydrogen-bond donors (Lipinski definition) is 0. The molecule has 0 spiro atoms. The molecule has 0 bridgehead atoms. The second-order valence-corrected chi connectivity index (χ2v) is 4.40. The minimum absolute atomic E-state index is 0.0830. The Kier molecular flexibility index (Phi) is 3.31. The Labute approximate surface area is 97.9 Å². The van der Waals surface area contributed by atoms with Gasteiger partial charge in [-0.05, 0) is 19.1 Å². The molecule has 0 unspecified atom stereocenters. The third-order valence-electron chi connectivity index (χ3n) is 2.03. The number of carbonyl (C=O) groups is 1. The van der Waals surface area contributed by atoms with Crippen LogP contribution in [0.25, 0.3) is 0 Å². The molecule has 2 aromatic rings. The van der Waals surface area contributed by atoms with Gasteiger partial charge in [-0.2, -0.15) is 0 Å². The smallest absolute Gasteiger partial charge is 0.159 e. The largest absolute Gasteiger partial charge is 0.295 e. The summed E-state index contributed by atoms with van der Waals surface area (Å²) >= 11 is 1.57. The molecule has 0 aliphatic carbocycles. The van der Waals surface area contributed by atoms with Crippen LogP contribution < -0.4 is 0 Å². The summed E-state index contributed by atoms with van der Waals surface area (Å²) in [5, 5.41) is 0. The van der Waals surface area contributed by atoms with E-state index in [4.69, 9.17) is 0 Å². The normalized spacial score (nSPS) is 10.1. The second-order valence-electron chi connectivity index (χ2n) is 3.26. The molecule has 1 heterocycles. The van der Waals surface area contributed by atoms with Crippen molar-refractivity contribution in [3.8, 4) is 0 Å². The van der Waals surface area contributed by atoms with E-state index in [2.05, 4.69) is 9.97 Å². The van der Waals surface area contributed by atoms with Gasteiger partial charge in [-0.1, -0.05) is 23.9 Å². The lowest BCUT2D eigenvalue weighted by molar-refractivity contribution is 0.101. The fourth-order valence-corrected chi connectivity index (χ4v) is 2.00. The number of hydrogen-bond acceptors (Lipinski definition) is 4. The molecule has 1 aromatic carbocycles. The first kappa shape index (κ1) is 10.8. The highest BCUT2D eigenvalue weighted by Gasteiger charge is 2.00. The molecule has 2 rings (SSSR count). The third kappa shape index (κ3) is 2.67. The lowest BCUT2D eigenvalue weighted by Gasteiger charge is -2.01. The van der Waals surface area contributed by atoms with Crippen molar-refractivity contribution in [2.24, 2.45) is 0 Å². The van der Waals surface area contributed by atoms with Crippen LogP contribution in [0.5, 0.6) is 0 Å². The van der Waals surface area contributed by atoms with E-state index in [-0.39, 0.29) is 5.78 Å². The maximum Gasteiger partial charge on any atom is 0.159 e. The first-order valence-electron chi connectivity index (χ1n) is 4.79. The van der Waals surface area contributed by atoms with Gasteiger partial charge in [0.05, 0.1) is 0 Å². The van der Waals surface area contributed by atoms with Crippen LogP contribution in [0.4, 0.5) is 0 Å². The molecule has 0 saturated heterocycles. The van der Waals surface area contributed by atoms with E-state index >= 15 is 0 Å². The van der Waals surface area contributed by atoms with Gasteiger partial charge >= 0.3 is 0 Å². The molecule has 0 radical (unpaired) electrons. The molecule has 0 aliphatic heterocycles. The molecular formula is C12H10N2OS. The van der Waals surface area contributed by atoms with Crippen molar-refractivity contribution in [2.75, 3.05) is 0 Å². The summed E-state index contributed by atoms with van der Waals surface area (Å²) in [5.41, 5.74) is 0.730. The molecule has 80 valence electrons. The molecule has 3 nitrogen and oxygen atoms in total. The van der Waals surface area contributed by atoms with Crippen molar-refractivity contribution in [3.63, 3.8) is 0 Å². The van der Waals surface area contributed by atoms with Gasteiger partial charge in [0, 0.05) is 27.7 Å². The van der Waals surface area contributed by atoms with Crippen LogP contribution in [-0.2, 0) is 0 Å². The van der Waals surface area contributed by atoms with E-state index in [1.807, 2.05) is 24.3 Å². The van der Waals surface area contributed by atoms with Crippen LogP contribution in [0, 0.1) is 0 Å². The third-order valence-corrected chi connectivity index (χ3v) is 2.99. The highest BCUT2D eigenvalue weighted by Crippen LogP contribution is 2.26. The molecule has 4 heteroatoms. The number of rotatable bonds is 3. The Balaban J connectivity index is 2.14. The molecule has 0 aliphatic rings. The number of nitrogens with zero attached hydrogens (tertiary/aromatic N) is 2. The average Bonchev–Trinajstić information content (AvgIpc) is 2.31. The summed E-state index contributed by atoms with van der Waals surface area (Å²) in [7, 11) is 0. The van der Waals surface area contributed by atoms with Gasteiger partial charge in [-0.3, -0.25) is 4.79 Å². The Hall–Kier alpha value is -1.68. The van der Waals surface area contributed by atoms with Gasteiger partial charge in [-0.15, -0.1) is 0 Å². The van der Waals surface area contributed by atoms with Gasteiger partial charge < -0.3 is 0 Å². The Morgan fingerprint density at radius 2 is 1.69 bits per heavy atom. The summed E-state index contributed by atoms with van der Waals surface area (Å²) in [4.78, 5) is 21.0. The summed E-state index contributed by atoms with van der Waals surface area (Å²) in [6, 6.07) is 7.51. The Morgan fingerprint density at radius 1 is 1.06 bits per heavy atom. The minimum Gasteiger partial charge on any atom is -0.295 e. The molecule has 0 fully saturated rings. The van der Waals surface area contributed by atoms with Crippen molar-refractivity contribution >= 4 is 17.5 Å². The predicted molar refractivity (Wildman–Crippen MR) is 62.6 cm³/mol. The first-order valence-corrected chi connectivity index (χ1v) is 5.61. The van der Waals surface area contributed by atoms with E-state index in [9.17, 15) is 4.79 Å². The predicted octanol–water partition coefficient (Wildman–Crippen LogP) is 2.83. The molecule has 1 aromatic heterocycles. The summed E-state index contributed by atoms with van der Waals surface area (Å²) in [5.74, 6) is 0.0830. The van der Waals surface area contributed by atoms with E-state index < -0.39 is 0 Å². The fraction of sp³-hybridized carbons (Fsp3) is 0.0833. The molecule has 0 N–H and O–H groups in total. The van der Waals surface area contributed by atoms with Crippen LogP contribution >= 0.6 is 11.8 Å². The number of aromatic nitrogens is 2. The Bertz CT molecular complexity index is 482. The maximum atomic E-state index is 11.1. The highest BCUT2D eigenvalue weighted by molar-refractivity contribution is 7.99. The topological polar surface area (TPSA) is 42.9 Å². The van der Waals surface area contributed by atoms with Crippen molar-refractivity contribution in [2.45, 2.75) is 16.7 Å². The molecule has 16 heavy (non-hydrogen) atoms. The zero-order chi connectivity index (χ0) is 11.4. The van der Waals surface area contributed by atoms with E-state index in [1.54, 1.807) is 31.1 Å². The fourth-order valence-electron chi connectivity index (χ4n) is 1.23. The zero-order valence-corrected chi connectivity index (χ0v) is 9.57. The minimum atomic E-state index is 0.0830. The van der Waals surface area contributed by atoms with E-state index in [1.165, 1.54) is 6.33 Å². The van der Waals surface area contributed by atoms with Crippen molar-refractivity contribution in [1.29, 1.82) is 0 Å². The average molecular weight is 230 g/mol. The molecular weight excluding hydrogens is 220 g/mol. The van der Waals surface area contributed by atoms with Gasteiger partial charge in [0.15, 0.2) is 5.78 Å². The second kappa shape index (κ2) is 4.90. The molecule has 0 amide bonds. The van der Waals surface area contributed by atoms with Gasteiger partial charge in [0.1, 0.15) is 6.33 Å². The van der Waals surface area contributed by atoms with Crippen molar-refractivity contribution in [3.05, 3.63) is 48.5 Å². The lowest BCUT2D eigenvalue weighted by Crippen LogP contribution is -1.90. The number of ketones is 1. The van der Waals surface area contributed by atoms with Gasteiger partial charge in [-0.25, -0.2) is 9.97 Å². The molecule has 0 atom stereocenters. The van der Waals surface area contributed by atoms with Crippen LogP contribution in [0.15, 0.2) is 52.8 Å². The van der Waals surface area contributed by atoms with Crippen LogP contribution in [0.1, 0.15) is 17.3 Å². The summed E-state index contributed by atoms with van der Waals surface area (Å²) in [6.45, 7) is 1.56. The Morgan fingerprint density at radius 3 is 2.25 bits per heavy atom. The van der Waals surface area contributed by atoms with E-state index in [0.29, 0.717) is 0 Å². The van der Waals surface area contributed by atoms with Crippen molar-refractivity contribution in [1.82, 2.24) is 9.97 Å². The SMILES string of the molecule is CC(=O)c1ccc(Sc2cncnc2)cc1. The van der Waals surface area contributed by atoms with Crippen LogP contribution in [0.2, 0.25) is 0 Å². The number of carbonyl (C=O) groups excluding carboxylic acids is 1. The monoisotopic (exact) mass is 230 g/mol. The number of Topliss-reactive ketones (excluding diaryl/α,β-unsaturated/α-hetero) is 1. The summed E-state index contributed by atoms with van der Waals surface area (Å²) < 4.78 is 0. The quantitative estimate of drug-likeness (QED) is 0.760. The van der Waals surface area contributed by atoms with Gasteiger partial charge in [0.25, 0.3) is 0 Å². The maximum absolute atomic E-state index is 11.1. The lowest BCUT2D eigenvalue weighted by atomic mass is 10.2. The standard InChI is InChI=1S/C12H10N2OS/c1-9(15)10-2-4-11(5-3-10)16-12-6-13-8-14-7-12/h2-8H,1H3. The van der Waals surface area contributed by atoms with Crippen LogP contribution in [-0.4, -0.2) is 15.8 Å². The highest BCUT2D eigenvalue weighted by atomic mass is 32.2. The van der Waals surface area contributed by atoms with Crippen molar-refractivity contribution < 1.29 is 4.79 Å². The first-order chi connectivity index (χ1) is 7.75. The summed E-state index contributed by atoms with van der Waals surface area (Å²) in [6.07, 6.45) is 5.02.